The molecule has 2 unspecified atom stereocenters. The van der Waals surface area contributed by atoms with Crippen LogP contribution < -0.4 is 0 Å². The average molecular weight is 622 g/mol. The van der Waals surface area contributed by atoms with Gasteiger partial charge >= 0.3 is 46.9 Å². The molecule has 2 aliphatic heterocycles. The van der Waals surface area contributed by atoms with Gasteiger partial charge in [0.2, 0.25) is 0 Å². The SMILES string of the molecule is C1CCOC1.C1CCOC1.[CH]1[CH][C]2[C]3[C]1C=CC=C3C=CC2C1C=CC2=CC=C[C]3[CH][CH][C]1[C]32.[Yb+2]. The Balaban J connectivity index is 0.000000193. The molecule has 10 radical (unpaired) electrons. The van der Waals surface area contributed by atoms with Gasteiger partial charge in [0.05, 0.1) is 0 Å². The van der Waals surface area contributed by atoms with E-state index in [-0.39, 0.29) is 46.9 Å². The topological polar surface area (TPSA) is 18.5 Å². The zero-order chi connectivity index (χ0) is 22.7. The zero-order valence-electron chi connectivity index (χ0n) is 20.0. The summed E-state index contributed by atoms with van der Waals surface area (Å²) in [5.74, 6) is 9.42. The van der Waals surface area contributed by atoms with Crippen molar-refractivity contribution in [3.05, 3.63) is 133 Å². The molecular formula is C32H32O2Yb+2. The fraction of sp³-hybridized carbons (Fsp3) is 0.312. The summed E-state index contributed by atoms with van der Waals surface area (Å²) in [6.07, 6.45) is 37.0. The van der Waals surface area contributed by atoms with E-state index in [1.807, 2.05) is 0 Å². The number of rotatable bonds is 1. The molecule has 4 fully saturated rings. The van der Waals surface area contributed by atoms with Crippen molar-refractivity contribution < 1.29 is 56.4 Å². The second-order valence-electron chi connectivity index (χ2n) is 9.61. The van der Waals surface area contributed by atoms with Gasteiger partial charge in [0, 0.05) is 50.1 Å². The first kappa shape index (κ1) is 26.5. The van der Waals surface area contributed by atoms with Gasteiger partial charge < -0.3 is 9.47 Å². The van der Waals surface area contributed by atoms with E-state index in [0.29, 0.717) is 11.8 Å². The van der Waals surface area contributed by atoms with Gasteiger partial charge in [-0.25, -0.2) is 0 Å². The van der Waals surface area contributed by atoms with Crippen molar-refractivity contribution in [3.63, 3.8) is 0 Å². The largest absolute Gasteiger partial charge is 2.00 e. The van der Waals surface area contributed by atoms with Gasteiger partial charge in [-0.2, -0.15) is 0 Å². The third kappa shape index (κ3) is 5.68. The molecule has 8 aliphatic rings. The molecule has 2 heterocycles. The molecule has 0 amide bonds. The van der Waals surface area contributed by atoms with E-state index in [1.165, 1.54) is 72.3 Å². The summed E-state index contributed by atoms with van der Waals surface area (Å²) in [5.41, 5.74) is 2.72. The van der Waals surface area contributed by atoms with E-state index in [1.54, 1.807) is 0 Å². The van der Waals surface area contributed by atoms with Crippen molar-refractivity contribution in [1.82, 2.24) is 0 Å². The van der Waals surface area contributed by atoms with Gasteiger partial charge in [0.15, 0.2) is 0 Å². The van der Waals surface area contributed by atoms with Gasteiger partial charge in [0.25, 0.3) is 0 Å². The minimum absolute atomic E-state index is 0. The Kier molecular flexibility index (Phi) is 9.55. The molecule has 0 spiro atoms. The summed E-state index contributed by atoms with van der Waals surface area (Å²) in [6, 6.07) is 0. The fourth-order valence-electron chi connectivity index (χ4n) is 5.75. The summed E-state index contributed by atoms with van der Waals surface area (Å²) in [5, 5.41) is 0. The van der Waals surface area contributed by atoms with Crippen LogP contribution in [-0.2, 0) is 9.47 Å². The second-order valence-corrected chi connectivity index (χ2v) is 9.61. The van der Waals surface area contributed by atoms with Crippen LogP contribution in [-0.4, -0.2) is 26.4 Å². The van der Waals surface area contributed by atoms with E-state index in [0.717, 1.165) is 26.4 Å². The van der Waals surface area contributed by atoms with E-state index in [9.17, 15) is 0 Å². The molecular weight excluding hydrogens is 589 g/mol. The van der Waals surface area contributed by atoms with E-state index in [2.05, 4.69) is 86.4 Å². The van der Waals surface area contributed by atoms with Gasteiger partial charge in [-0.15, -0.1) is 0 Å². The molecule has 0 N–H and O–H groups in total. The van der Waals surface area contributed by atoms with Gasteiger partial charge in [0.1, 0.15) is 0 Å². The van der Waals surface area contributed by atoms with Crippen LogP contribution in [0.2, 0.25) is 0 Å². The molecule has 0 aromatic heterocycles. The van der Waals surface area contributed by atoms with Crippen LogP contribution in [0, 0.1) is 120 Å². The molecule has 2 saturated heterocycles. The van der Waals surface area contributed by atoms with Gasteiger partial charge in [-0.05, 0) is 86.2 Å². The zero-order valence-corrected chi connectivity index (χ0v) is 21.7. The third-order valence-electron chi connectivity index (χ3n) is 7.45. The molecule has 184 valence electrons. The quantitative estimate of drug-likeness (QED) is 0.346. The Morgan fingerprint density at radius 2 is 0.971 bits per heavy atom. The van der Waals surface area contributed by atoms with Crippen LogP contribution in [0.25, 0.3) is 0 Å². The third-order valence-corrected chi connectivity index (χ3v) is 7.45. The predicted octanol–water partition coefficient (Wildman–Crippen LogP) is 6.24. The first-order valence-corrected chi connectivity index (χ1v) is 12.8. The smallest absolute Gasteiger partial charge is 0.381 e. The first-order valence-electron chi connectivity index (χ1n) is 12.8. The molecule has 6 aliphatic carbocycles. The average Bonchev–Trinajstić information content (AvgIpc) is 3.71. The maximum absolute atomic E-state index is 4.94. The summed E-state index contributed by atoms with van der Waals surface area (Å²) < 4.78 is 9.89. The number of ether oxygens (including phenoxy) is 2. The summed E-state index contributed by atoms with van der Waals surface area (Å²) >= 11 is 0. The van der Waals surface area contributed by atoms with Crippen LogP contribution in [0.4, 0.5) is 0 Å². The van der Waals surface area contributed by atoms with Crippen molar-refractivity contribution in [2.24, 2.45) is 11.8 Å². The van der Waals surface area contributed by atoms with Crippen LogP contribution in [0.1, 0.15) is 25.7 Å². The van der Waals surface area contributed by atoms with Crippen molar-refractivity contribution in [1.29, 1.82) is 0 Å². The Morgan fingerprint density at radius 1 is 0.543 bits per heavy atom. The van der Waals surface area contributed by atoms with Crippen LogP contribution in [0.15, 0.2) is 71.9 Å². The van der Waals surface area contributed by atoms with Crippen molar-refractivity contribution in [3.8, 4) is 0 Å². The molecule has 3 heteroatoms. The molecule has 2 saturated carbocycles. The Hall–Kier alpha value is -0.121. The molecule has 0 bridgehead atoms. The number of allylic oxidation sites excluding steroid dienone is 12. The molecule has 0 aromatic rings. The van der Waals surface area contributed by atoms with Crippen LogP contribution >= 0.6 is 0 Å². The second kappa shape index (κ2) is 12.6. The number of hydrogen-bond donors (Lipinski definition) is 0. The maximum Gasteiger partial charge on any atom is 2.00 e. The van der Waals surface area contributed by atoms with Crippen LogP contribution in [0.5, 0.6) is 0 Å². The molecule has 2 atom stereocenters. The summed E-state index contributed by atoms with van der Waals surface area (Å²) in [6.45, 7) is 4.00. The van der Waals surface area contributed by atoms with Gasteiger partial charge in [-0.3, -0.25) is 0 Å². The van der Waals surface area contributed by atoms with E-state index in [4.69, 9.17) is 9.47 Å². The van der Waals surface area contributed by atoms with Crippen molar-refractivity contribution >= 4 is 0 Å². The first-order chi connectivity index (χ1) is 16.9. The molecule has 8 rings (SSSR count). The van der Waals surface area contributed by atoms with Crippen molar-refractivity contribution in [2.45, 2.75) is 25.7 Å². The Bertz CT molecular complexity index is 811. The Morgan fingerprint density at radius 3 is 1.34 bits per heavy atom. The van der Waals surface area contributed by atoms with Crippen LogP contribution in [0.3, 0.4) is 0 Å². The minimum Gasteiger partial charge on any atom is -0.381 e. The van der Waals surface area contributed by atoms with E-state index < -0.39 is 0 Å². The monoisotopic (exact) mass is 622 g/mol. The standard InChI is InChI=1S/C24H16.2C4H8O.Yb/c1-3-15-7-11-19(21-13-9-17(5-1)23(15)21)20-12-8-16-4-2-6-18-10-14-22(20)24(16)18;2*1-2-4-5-3-1;/h1-14,19-20H;2*1-4H2;/q;;;+2. The predicted molar refractivity (Wildman–Crippen MR) is 136 cm³/mol. The van der Waals surface area contributed by atoms with Crippen molar-refractivity contribution in [2.75, 3.05) is 26.4 Å². The summed E-state index contributed by atoms with van der Waals surface area (Å²) in [4.78, 5) is 0. The summed E-state index contributed by atoms with van der Waals surface area (Å²) in [7, 11) is 0. The number of hydrogen-bond acceptors (Lipinski definition) is 2. The minimum atomic E-state index is 0. The Labute approximate surface area is 251 Å². The van der Waals surface area contributed by atoms with Gasteiger partial charge in [-0.1, -0.05) is 60.8 Å². The molecule has 2 nitrogen and oxygen atoms in total. The van der Waals surface area contributed by atoms with E-state index >= 15 is 0 Å². The molecule has 0 aromatic carbocycles. The maximum atomic E-state index is 4.94. The molecule has 35 heavy (non-hydrogen) atoms. The fourth-order valence-corrected chi connectivity index (χ4v) is 5.75. The normalized spacial score (nSPS) is 31.7.